The average molecular weight is 899 g/mol. The topological polar surface area (TPSA) is 199 Å². The summed E-state index contributed by atoms with van der Waals surface area (Å²) in [7, 11) is 0. The van der Waals surface area contributed by atoms with Crippen molar-refractivity contribution in [3.8, 4) is 0 Å². The first-order chi connectivity index (χ1) is 30.6. The molecule has 10 atom stereocenters. The van der Waals surface area contributed by atoms with Crippen molar-refractivity contribution >= 4 is 0 Å². The van der Waals surface area contributed by atoms with Gasteiger partial charge in [0, 0.05) is 6.42 Å². The molecule has 0 bridgehead atoms. The van der Waals surface area contributed by atoms with Gasteiger partial charge in [-0.2, -0.15) is 0 Å². The van der Waals surface area contributed by atoms with E-state index in [-0.39, 0.29) is 23.8 Å². The summed E-state index contributed by atoms with van der Waals surface area (Å²) in [4.78, 5) is 8.80. The summed E-state index contributed by atoms with van der Waals surface area (Å²) in [5, 5.41) is 54.4. The molecular weight excluding hydrogens is 809 g/mol. The zero-order valence-corrected chi connectivity index (χ0v) is 40.1. The first-order valence-corrected chi connectivity index (χ1v) is 25.1. The van der Waals surface area contributed by atoms with E-state index in [1.165, 1.54) is 109 Å². The van der Waals surface area contributed by atoms with Crippen LogP contribution in [0.15, 0.2) is 27.7 Å². The molecule has 0 aliphatic rings. The molecule has 14 nitrogen and oxygen atoms in total. The van der Waals surface area contributed by atoms with Crippen molar-refractivity contribution < 1.29 is 58.1 Å². The highest BCUT2D eigenvalue weighted by Crippen LogP contribution is 2.34. The van der Waals surface area contributed by atoms with Crippen LogP contribution < -0.4 is 0 Å². The highest BCUT2D eigenvalue weighted by molar-refractivity contribution is 5.11. The lowest BCUT2D eigenvalue weighted by Crippen LogP contribution is -2.47. The van der Waals surface area contributed by atoms with Crippen LogP contribution in [-0.4, -0.2) is 85.3 Å². The summed E-state index contributed by atoms with van der Waals surface area (Å²) in [5.74, 6) is 0.364. The molecule has 0 aliphatic heterocycles. The Morgan fingerprint density at radius 2 is 0.968 bits per heavy atom. The summed E-state index contributed by atoms with van der Waals surface area (Å²) < 4.78 is 42.2. The first-order valence-electron chi connectivity index (χ1n) is 25.1. The van der Waals surface area contributed by atoms with E-state index in [2.05, 4.69) is 11.9 Å². The Morgan fingerprint density at radius 1 is 0.508 bits per heavy atom. The third-order valence-electron chi connectivity index (χ3n) is 11.4. The molecule has 368 valence electrons. The van der Waals surface area contributed by atoms with Crippen molar-refractivity contribution in [2.45, 2.75) is 277 Å². The maximum absolute atomic E-state index is 11.0. The van der Waals surface area contributed by atoms with Crippen molar-refractivity contribution in [2.24, 2.45) is 0 Å². The molecule has 0 saturated carbocycles. The van der Waals surface area contributed by atoms with E-state index >= 15 is 0 Å². The van der Waals surface area contributed by atoms with E-state index in [0.29, 0.717) is 57.8 Å². The van der Waals surface area contributed by atoms with Crippen LogP contribution in [-0.2, 0) is 23.7 Å². The zero-order chi connectivity index (χ0) is 46.1. The van der Waals surface area contributed by atoms with Gasteiger partial charge < -0.3 is 58.1 Å². The molecule has 0 aromatic carbocycles. The van der Waals surface area contributed by atoms with Gasteiger partial charge in [-0.3, -0.25) is 0 Å². The number of aromatic nitrogens is 2. The Bertz CT molecular complexity index is 1300. The second-order valence-corrected chi connectivity index (χ2v) is 17.4. The summed E-state index contributed by atoms with van der Waals surface area (Å²) in [6.07, 6.45) is 19.6. The number of rotatable bonds is 43. The average Bonchev–Trinajstić information content (AvgIpc) is 3.97. The van der Waals surface area contributed by atoms with Gasteiger partial charge in [0.25, 0.3) is 0 Å². The van der Waals surface area contributed by atoms with Crippen molar-refractivity contribution in [1.29, 1.82) is 0 Å². The molecule has 0 fully saturated rings. The molecule has 5 N–H and O–H groups in total. The van der Waals surface area contributed by atoms with Gasteiger partial charge in [-0.05, 0) is 45.4 Å². The van der Waals surface area contributed by atoms with Crippen LogP contribution in [0.5, 0.6) is 0 Å². The second-order valence-electron chi connectivity index (χ2n) is 17.4. The van der Waals surface area contributed by atoms with Gasteiger partial charge in [-0.15, -0.1) is 0 Å². The molecule has 2 aromatic rings. The Kier molecular flexibility index (Phi) is 32.8. The number of aliphatic hydroxyl groups excluding tert-OH is 5. The number of hydrogen-bond acceptors (Lipinski definition) is 14. The maximum Gasteiger partial charge on any atom is 0.231 e. The minimum atomic E-state index is -1.19. The molecule has 0 radical (unpaired) electrons. The number of ether oxygens (including phenoxy) is 5. The fraction of sp³-hybridized carbons (Fsp3) is 0.878. The van der Waals surface area contributed by atoms with Gasteiger partial charge in [0.15, 0.2) is 49.7 Å². The van der Waals surface area contributed by atoms with Crippen LogP contribution in [0.2, 0.25) is 0 Å². The lowest BCUT2D eigenvalue weighted by molar-refractivity contribution is -0.264. The highest BCUT2D eigenvalue weighted by atomic mass is 16.7. The molecule has 0 amide bonds. The van der Waals surface area contributed by atoms with Gasteiger partial charge in [-0.25, -0.2) is 9.97 Å². The molecule has 0 saturated heterocycles. The van der Waals surface area contributed by atoms with Crippen molar-refractivity contribution in [1.82, 2.24) is 9.97 Å². The van der Waals surface area contributed by atoms with Crippen LogP contribution in [0, 0.1) is 0 Å². The van der Waals surface area contributed by atoms with Crippen molar-refractivity contribution in [2.75, 3.05) is 0 Å². The van der Waals surface area contributed by atoms with E-state index in [1.807, 2.05) is 27.7 Å². The van der Waals surface area contributed by atoms with Crippen LogP contribution in [0.1, 0.15) is 244 Å². The smallest absolute Gasteiger partial charge is 0.231 e. The fourth-order valence-electron chi connectivity index (χ4n) is 7.82. The fourth-order valence-corrected chi connectivity index (χ4v) is 7.82. The number of nitrogens with zero attached hydrogens (tertiary/aromatic N) is 2. The molecule has 2 aromatic heterocycles. The minimum absolute atomic E-state index is 0.0234. The largest absolute Gasteiger partial charge is 0.445 e. The van der Waals surface area contributed by atoms with Gasteiger partial charge in [0.2, 0.25) is 5.89 Å². The molecule has 0 aliphatic carbocycles. The summed E-state index contributed by atoms with van der Waals surface area (Å²) >= 11 is 0. The van der Waals surface area contributed by atoms with E-state index in [9.17, 15) is 25.5 Å². The van der Waals surface area contributed by atoms with Crippen molar-refractivity contribution in [3.63, 3.8) is 0 Å². The van der Waals surface area contributed by atoms with E-state index < -0.39 is 62.0 Å². The summed E-state index contributed by atoms with van der Waals surface area (Å²) in [5.41, 5.74) is 0.280. The van der Waals surface area contributed by atoms with Gasteiger partial charge in [-0.1, -0.05) is 163 Å². The molecule has 10 unspecified atom stereocenters. The Hall–Kier alpha value is -1.98. The van der Waals surface area contributed by atoms with Gasteiger partial charge in [0.05, 0.1) is 18.4 Å². The number of oxazole rings is 2. The maximum atomic E-state index is 11.0. The predicted molar refractivity (Wildman–Crippen MR) is 243 cm³/mol. The van der Waals surface area contributed by atoms with E-state index in [4.69, 9.17) is 37.5 Å². The molecule has 0 spiro atoms. The lowest BCUT2D eigenvalue weighted by Gasteiger charge is -2.36. The summed E-state index contributed by atoms with van der Waals surface area (Å²) in [6.45, 7) is 11.7. The number of aliphatic hydroxyl groups is 5. The number of unbranched alkanes of at least 4 members (excludes halogenated alkanes) is 16. The quantitative estimate of drug-likeness (QED) is 0.0311. The molecule has 63 heavy (non-hydrogen) atoms. The normalized spacial score (nSPS) is 16.9. The Morgan fingerprint density at radius 3 is 1.46 bits per heavy atom. The Labute approximate surface area is 380 Å². The van der Waals surface area contributed by atoms with Crippen LogP contribution in [0.25, 0.3) is 0 Å². The van der Waals surface area contributed by atoms with Crippen molar-refractivity contribution in [3.05, 3.63) is 36.2 Å². The predicted octanol–water partition coefficient (Wildman–Crippen LogP) is 11.2. The molecule has 2 rings (SSSR count). The SMILES string of the molecule is CCCCCCCCCCCCCCCCCCCC(O)OC(c1cnco1)c1nc(C(CC(OC(O)CCC)C(OC(O)CCC)C(C)OC(O)CCC)OC(O)CCC)co1. The minimum Gasteiger partial charge on any atom is -0.445 e. The Balaban J connectivity index is 2.11. The molecule has 2 heterocycles. The highest BCUT2D eigenvalue weighted by Gasteiger charge is 2.38. The number of hydrogen-bond donors (Lipinski definition) is 5. The van der Waals surface area contributed by atoms with E-state index in [0.717, 1.165) is 19.3 Å². The van der Waals surface area contributed by atoms with Crippen LogP contribution in [0.3, 0.4) is 0 Å². The van der Waals surface area contributed by atoms with Gasteiger partial charge >= 0.3 is 0 Å². The second kappa shape index (κ2) is 36.2. The molecular formula is C49H90N2O12. The summed E-state index contributed by atoms with van der Waals surface area (Å²) in [6, 6.07) is 0. The van der Waals surface area contributed by atoms with Gasteiger partial charge in [0.1, 0.15) is 24.2 Å². The van der Waals surface area contributed by atoms with E-state index in [1.54, 1.807) is 6.92 Å². The molecule has 14 heteroatoms. The third kappa shape index (κ3) is 25.5. The third-order valence-corrected chi connectivity index (χ3v) is 11.4. The first kappa shape index (κ1) is 57.1. The van der Waals surface area contributed by atoms with Crippen LogP contribution in [0.4, 0.5) is 0 Å². The zero-order valence-electron chi connectivity index (χ0n) is 40.1. The lowest BCUT2D eigenvalue weighted by atomic mass is 10.00. The monoisotopic (exact) mass is 899 g/mol. The van der Waals surface area contributed by atoms with Crippen LogP contribution >= 0.6 is 0 Å². The standard InChI is InChI=1S/C49H90N2O12/c1-7-12-13-14-15-16-17-18-19-20-21-22-23-24-25-26-27-32-46(56)63-48(41-34-50-36-58-41)49-51-38(35-57-49)39(60-43(53)29-9-3)33-40(61-44(54)30-10-4)47(62-45(55)31-11-5)37(6)59-42(52)28-8-2/h34-37,39-40,42-48,52-56H,7-33H2,1-6H3.